The van der Waals surface area contributed by atoms with Crippen molar-refractivity contribution < 1.29 is 47.3 Å². The fraction of sp³-hybridized carbons (Fsp3) is 0.407. The van der Waals surface area contributed by atoms with Gasteiger partial charge in [-0.25, -0.2) is 9.59 Å². The Morgan fingerprint density at radius 3 is 2.02 bits per heavy atom. The van der Waals surface area contributed by atoms with Gasteiger partial charge < -0.3 is 30.1 Å². The van der Waals surface area contributed by atoms with Gasteiger partial charge in [-0.15, -0.1) is 0 Å². The minimum Gasteiger partial charge on any atom is -0.478 e. The van der Waals surface area contributed by atoms with Gasteiger partial charge in [-0.3, -0.25) is 14.5 Å². The third-order valence-electron chi connectivity index (χ3n) is 6.48. The summed E-state index contributed by atoms with van der Waals surface area (Å²) in [6, 6.07) is 12.1. The highest BCUT2D eigenvalue weighted by molar-refractivity contribution is 6.05. The lowest BCUT2D eigenvalue weighted by molar-refractivity contribution is -0.192. The molecule has 0 spiro atoms. The molecule has 2 aromatic rings. The van der Waals surface area contributed by atoms with E-state index in [1.807, 2.05) is 28.9 Å². The number of rotatable bonds is 6. The van der Waals surface area contributed by atoms with E-state index in [9.17, 15) is 32.7 Å². The van der Waals surface area contributed by atoms with Gasteiger partial charge in [-0.2, -0.15) is 13.2 Å². The van der Waals surface area contributed by atoms with E-state index >= 15 is 0 Å². The first-order chi connectivity index (χ1) is 19.3. The standard InChI is InChI=1S/C25H30N4O5.C2HF3O2/c1-18-2-4-19(5-3-18)24(31)26-20-6-7-22(21(16-20)25(32)33)28-10-8-27(9-11-28)17-23(30)29-12-14-34-15-13-29;3-2(4,5)1(6)7/h2-7,16H,8-15,17H2,1H3,(H,26,31)(H,32,33);(H,6,7). The summed E-state index contributed by atoms with van der Waals surface area (Å²) in [5.74, 6) is -3.99. The van der Waals surface area contributed by atoms with Gasteiger partial charge in [0.1, 0.15) is 0 Å². The topological polar surface area (TPSA) is 140 Å². The van der Waals surface area contributed by atoms with E-state index in [1.165, 1.54) is 6.07 Å². The summed E-state index contributed by atoms with van der Waals surface area (Å²) in [6.07, 6.45) is -5.08. The van der Waals surface area contributed by atoms with Crippen molar-refractivity contribution in [2.75, 3.05) is 69.2 Å². The fourth-order valence-corrected chi connectivity index (χ4v) is 4.22. The first-order valence-electron chi connectivity index (χ1n) is 12.7. The van der Waals surface area contributed by atoms with Crippen molar-refractivity contribution in [3.63, 3.8) is 0 Å². The van der Waals surface area contributed by atoms with Crippen molar-refractivity contribution >= 4 is 35.1 Å². The second-order valence-corrected chi connectivity index (χ2v) is 9.42. The van der Waals surface area contributed by atoms with Gasteiger partial charge in [0, 0.05) is 50.5 Å². The monoisotopic (exact) mass is 580 g/mol. The summed E-state index contributed by atoms with van der Waals surface area (Å²) in [5.41, 5.74) is 2.75. The molecule has 0 unspecified atom stereocenters. The zero-order valence-electron chi connectivity index (χ0n) is 22.3. The number of ether oxygens (including phenoxy) is 1. The van der Waals surface area contributed by atoms with Crippen LogP contribution in [0.1, 0.15) is 26.3 Å². The summed E-state index contributed by atoms with van der Waals surface area (Å²) in [7, 11) is 0. The van der Waals surface area contributed by atoms with Crippen LogP contribution in [0.3, 0.4) is 0 Å². The van der Waals surface area contributed by atoms with E-state index in [1.54, 1.807) is 24.3 Å². The van der Waals surface area contributed by atoms with E-state index in [2.05, 4.69) is 10.2 Å². The molecule has 2 saturated heterocycles. The smallest absolute Gasteiger partial charge is 0.478 e. The van der Waals surface area contributed by atoms with Gasteiger partial charge in [0.15, 0.2) is 0 Å². The normalized spacial score (nSPS) is 15.9. The van der Waals surface area contributed by atoms with Crippen molar-refractivity contribution in [3.05, 3.63) is 59.2 Å². The SMILES string of the molecule is Cc1ccc(C(=O)Nc2ccc(N3CCN(CC(=O)N4CCOCC4)CC3)c(C(=O)O)c2)cc1.O=C(O)C(F)(F)F. The molecule has 4 rings (SSSR count). The Labute approximate surface area is 234 Å². The van der Waals surface area contributed by atoms with E-state index in [-0.39, 0.29) is 17.4 Å². The maximum absolute atomic E-state index is 12.5. The number of aliphatic carboxylic acids is 1. The van der Waals surface area contributed by atoms with E-state index in [4.69, 9.17) is 14.6 Å². The highest BCUT2D eigenvalue weighted by Gasteiger charge is 2.38. The predicted molar refractivity (Wildman–Crippen MR) is 142 cm³/mol. The molecule has 2 aliphatic heterocycles. The number of aryl methyl sites for hydroxylation is 1. The Morgan fingerprint density at radius 1 is 0.902 bits per heavy atom. The molecule has 0 atom stereocenters. The molecule has 222 valence electrons. The molecule has 14 heteroatoms. The van der Waals surface area contributed by atoms with Crippen molar-refractivity contribution in [3.8, 4) is 0 Å². The van der Waals surface area contributed by atoms with Crippen molar-refractivity contribution in [1.29, 1.82) is 0 Å². The number of piperazine rings is 1. The van der Waals surface area contributed by atoms with Gasteiger partial charge >= 0.3 is 18.1 Å². The molecule has 41 heavy (non-hydrogen) atoms. The van der Waals surface area contributed by atoms with Crippen LogP contribution >= 0.6 is 0 Å². The fourth-order valence-electron chi connectivity index (χ4n) is 4.22. The van der Waals surface area contributed by atoms with E-state index in [0.717, 1.165) is 5.56 Å². The third kappa shape index (κ3) is 9.18. The number of carboxylic acid groups (broad SMARTS) is 2. The minimum absolute atomic E-state index is 0.108. The summed E-state index contributed by atoms with van der Waals surface area (Å²) < 4.78 is 37.0. The third-order valence-corrected chi connectivity index (χ3v) is 6.48. The first-order valence-corrected chi connectivity index (χ1v) is 12.7. The lowest BCUT2D eigenvalue weighted by Gasteiger charge is -2.37. The van der Waals surface area contributed by atoms with Gasteiger partial charge in [0.05, 0.1) is 31.0 Å². The second kappa shape index (κ2) is 13.9. The van der Waals surface area contributed by atoms with Crippen LogP contribution in [0, 0.1) is 6.92 Å². The molecule has 11 nitrogen and oxygen atoms in total. The number of hydrogen-bond acceptors (Lipinski definition) is 7. The van der Waals surface area contributed by atoms with Crippen LogP contribution < -0.4 is 10.2 Å². The van der Waals surface area contributed by atoms with E-state index in [0.29, 0.717) is 76.0 Å². The molecule has 2 amide bonds. The summed E-state index contributed by atoms with van der Waals surface area (Å²) in [6.45, 7) is 7.31. The van der Waals surface area contributed by atoms with Crippen LogP contribution in [0.2, 0.25) is 0 Å². The number of amides is 2. The van der Waals surface area contributed by atoms with Gasteiger partial charge in [0.25, 0.3) is 5.91 Å². The Balaban J connectivity index is 0.000000587. The molecule has 0 radical (unpaired) electrons. The Kier molecular flexibility index (Phi) is 10.7. The van der Waals surface area contributed by atoms with Gasteiger partial charge in [-0.1, -0.05) is 17.7 Å². The largest absolute Gasteiger partial charge is 0.490 e. The predicted octanol–water partition coefficient (Wildman–Crippen LogP) is 2.56. The molecule has 2 aliphatic rings. The summed E-state index contributed by atoms with van der Waals surface area (Å²) in [5, 5.41) is 19.7. The summed E-state index contributed by atoms with van der Waals surface area (Å²) >= 11 is 0. The van der Waals surface area contributed by atoms with Gasteiger partial charge in [0.2, 0.25) is 5.91 Å². The number of carbonyl (C=O) groups excluding carboxylic acids is 2. The molecular weight excluding hydrogens is 549 g/mol. The molecule has 0 bridgehead atoms. The molecule has 2 fully saturated rings. The maximum Gasteiger partial charge on any atom is 0.490 e. The minimum atomic E-state index is -5.08. The lowest BCUT2D eigenvalue weighted by Crippen LogP contribution is -2.51. The first kappa shape index (κ1) is 31.4. The van der Waals surface area contributed by atoms with E-state index < -0.39 is 18.1 Å². The molecule has 3 N–H and O–H groups in total. The van der Waals surface area contributed by atoms with Gasteiger partial charge in [-0.05, 0) is 37.3 Å². The molecule has 2 aromatic carbocycles. The Hall–Kier alpha value is -4.17. The number of carbonyl (C=O) groups is 4. The average Bonchev–Trinajstić information content (AvgIpc) is 2.94. The number of nitrogens with one attached hydrogen (secondary N) is 1. The quantitative estimate of drug-likeness (QED) is 0.470. The van der Waals surface area contributed by atoms with Crippen LogP contribution in [-0.4, -0.2) is 109 Å². The van der Waals surface area contributed by atoms with Crippen LogP contribution in [0.15, 0.2) is 42.5 Å². The number of anilines is 2. The maximum atomic E-state index is 12.5. The number of benzene rings is 2. The highest BCUT2D eigenvalue weighted by atomic mass is 19.4. The number of alkyl halides is 3. The number of hydrogen-bond donors (Lipinski definition) is 3. The Morgan fingerprint density at radius 2 is 1.49 bits per heavy atom. The zero-order chi connectivity index (χ0) is 30.2. The van der Waals surface area contributed by atoms with Crippen molar-refractivity contribution in [1.82, 2.24) is 9.80 Å². The molecular formula is C27H31F3N4O7. The molecule has 0 saturated carbocycles. The van der Waals surface area contributed by atoms with Crippen LogP contribution in [0.5, 0.6) is 0 Å². The number of carboxylic acids is 2. The molecule has 0 aliphatic carbocycles. The lowest BCUT2D eigenvalue weighted by atomic mass is 10.1. The number of halogens is 3. The molecule has 2 heterocycles. The van der Waals surface area contributed by atoms with Crippen molar-refractivity contribution in [2.45, 2.75) is 13.1 Å². The van der Waals surface area contributed by atoms with Crippen molar-refractivity contribution in [2.24, 2.45) is 0 Å². The number of morpholine rings is 1. The zero-order valence-corrected chi connectivity index (χ0v) is 22.3. The van der Waals surface area contributed by atoms with Crippen LogP contribution in [-0.2, 0) is 14.3 Å². The average molecular weight is 581 g/mol. The highest BCUT2D eigenvalue weighted by Crippen LogP contribution is 2.26. The van der Waals surface area contributed by atoms with Crippen LogP contribution in [0.25, 0.3) is 0 Å². The second-order valence-electron chi connectivity index (χ2n) is 9.42. The number of aromatic carboxylic acids is 1. The summed E-state index contributed by atoms with van der Waals surface area (Å²) in [4.78, 5) is 51.9. The van der Waals surface area contributed by atoms with Crippen LogP contribution in [0.4, 0.5) is 24.5 Å². The molecule has 0 aromatic heterocycles. The Bertz CT molecular complexity index is 1240. The number of nitrogens with zero attached hydrogens (tertiary/aromatic N) is 3.